The SMILES string of the molecule is O=C(N[C@@H]1CCOC2(CCOCC2)C1)C(c1ccccc1)c1ccccc1. The topological polar surface area (TPSA) is 47.6 Å². The van der Waals surface area contributed by atoms with E-state index in [0.29, 0.717) is 6.61 Å². The van der Waals surface area contributed by atoms with Gasteiger partial charge in [0.2, 0.25) is 5.91 Å². The Morgan fingerprint density at radius 2 is 1.52 bits per heavy atom. The molecule has 2 aliphatic rings. The molecule has 4 rings (SSSR count). The molecule has 2 aromatic rings. The zero-order valence-electron chi connectivity index (χ0n) is 15.6. The van der Waals surface area contributed by atoms with Gasteiger partial charge < -0.3 is 14.8 Å². The van der Waals surface area contributed by atoms with Gasteiger partial charge in [0, 0.05) is 25.9 Å². The van der Waals surface area contributed by atoms with Gasteiger partial charge in [0.25, 0.3) is 0 Å². The van der Waals surface area contributed by atoms with Gasteiger partial charge in [-0.2, -0.15) is 0 Å². The summed E-state index contributed by atoms with van der Waals surface area (Å²) in [6, 6.07) is 20.2. The van der Waals surface area contributed by atoms with Crippen molar-refractivity contribution in [2.75, 3.05) is 19.8 Å². The van der Waals surface area contributed by atoms with E-state index in [1.54, 1.807) is 0 Å². The maximum Gasteiger partial charge on any atom is 0.232 e. The fourth-order valence-electron chi connectivity index (χ4n) is 4.31. The molecule has 1 amide bonds. The van der Waals surface area contributed by atoms with Gasteiger partial charge in [0.15, 0.2) is 0 Å². The van der Waals surface area contributed by atoms with Crippen LogP contribution in [0, 0.1) is 0 Å². The van der Waals surface area contributed by atoms with Gasteiger partial charge in [0.05, 0.1) is 11.5 Å². The number of carbonyl (C=O) groups is 1. The van der Waals surface area contributed by atoms with Gasteiger partial charge in [-0.15, -0.1) is 0 Å². The van der Waals surface area contributed by atoms with Gasteiger partial charge in [-0.3, -0.25) is 4.79 Å². The lowest BCUT2D eigenvalue weighted by Gasteiger charge is -2.43. The van der Waals surface area contributed by atoms with Crippen molar-refractivity contribution in [1.29, 1.82) is 0 Å². The van der Waals surface area contributed by atoms with Crippen LogP contribution in [0.4, 0.5) is 0 Å². The second-order valence-electron chi connectivity index (χ2n) is 7.60. The molecular weight excluding hydrogens is 338 g/mol. The standard InChI is InChI=1S/C23H27NO3/c25-22(24-20-11-14-27-23(17-20)12-15-26-16-13-23)21(18-7-3-1-4-8-18)19-9-5-2-6-10-19/h1-10,20-21H,11-17H2,(H,24,25)/t20-/m1/s1. The van der Waals surface area contributed by atoms with Crippen LogP contribution in [-0.4, -0.2) is 37.4 Å². The first-order chi connectivity index (χ1) is 13.3. The van der Waals surface area contributed by atoms with E-state index in [4.69, 9.17) is 9.47 Å². The molecule has 0 bridgehead atoms. The predicted octanol–water partition coefficient (Wildman–Crippen LogP) is 3.66. The van der Waals surface area contributed by atoms with E-state index >= 15 is 0 Å². The summed E-state index contributed by atoms with van der Waals surface area (Å²) in [5.41, 5.74) is 1.92. The number of amides is 1. The molecule has 0 aromatic heterocycles. The Labute approximate surface area is 160 Å². The van der Waals surface area contributed by atoms with Crippen LogP contribution in [0.1, 0.15) is 42.7 Å². The highest BCUT2D eigenvalue weighted by molar-refractivity contribution is 5.87. The van der Waals surface area contributed by atoms with E-state index in [-0.39, 0.29) is 23.5 Å². The average Bonchev–Trinajstić information content (AvgIpc) is 2.70. The Morgan fingerprint density at radius 1 is 0.926 bits per heavy atom. The largest absolute Gasteiger partial charge is 0.381 e. The normalized spacial score (nSPS) is 21.9. The Kier molecular flexibility index (Phi) is 5.55. The minimum atomic E-state index is -0.291. The van der Waals surface area contributed by atoms with Crippen molar-refractivity contribution in [2.24, 2.45) is 0 Å². The molecule has 0 radical (unpaired) electrons. The minimum Gasteiger partial charge on any atom is -0.381 e. The third-order valence-corrected chi connectivity index (χ3v) is 5.77. The van der Waals surface area contributed by atoms with Crippen molar-refractivity contribution in [2.45, 2.75) is 43.2 Å². The van der Waals surface area contributed by atoms with Crippen LogP contribution in [0.25, 0.3) is 0 Å². The maximum absolute atomic E-state index is 13.3. The number of carbonyl (C=O) groups excluding carboxylic acids is 1. The maximum atomic E-state index is 13.3. The number of hydrogen-bond donors (Lipinski definition) is 1. The summed E-state index contributed by atoms with van der Waals surface area (Å²) in [4.78, 5) is 13.3. The lowest BCUT2D eigenvalue weighted by Crippen LogP contribution is -2.51. The fourth-order valence-corrected chi connectivity index (χ4v) is 4.31. The molecule has 2 aliphatic heterocycles. The summed E-state index contributed by atoms with van der Waals surface area (Å²) >= 11 is 0. The zero-order chi connectivity index (χ0) is 18.5. The van der Waals surface area contributed by atoms with Crippen LogP contribution in [-0.2, 0) is 14.3 Å². The summed E-state index contributed by atoms with van der Waals surface area (Å²) in [7, 11) is 0. The second-order valence-corrected chi connectivity index (χ2v) is 7.60. The lowest BCUT2D eigenvalue weighted by atomic mass is 9.83. The molecule has 0 unspecified atom stereocenters. The molecule has 2 saturated heterocycles. The van der Waals surface area contributed by atoms with Gasteiger partial charge in [-0.1, -0.05) is 60.7 Å². The molecule has 4 heteroatoms. The van der Waals surface area contributed by atoms with Crippen LogP contribution in [0.15, 0.2) is 60.7 Å². The highest BCUT2D eigenvalue weighted by Crippen LogP contribution is 2.35. The lowest BCUT2D eigenvalue weighted by molar-refractivity contribution is -0.144. The van der Waals surface area contributed by atoms with Gasteiger partial charge in [0.1, 0.15) is 0 Å². The van der Waals surface area contributed by atoms with E-state index in [1.165, 1.54) is 0 Å². The van der Waals surface area contributed by atoms with Crippen LogP contribution in [0.3, 0.4) is 0 Å². The minimum absolute atomic E-state index is 0.0708. The van der Waals surface area contributed by atoms with Crippen LogP contribution < -0.4 is 5.32 Å². The Hall–Kier alpha value is -2.17. The highest BCUT2D eigenvalue weighted by Gasteiger charge is 2.40. The van der Waals surface area contributed by atoms with Crippen molar-refractivity contribution in [3.8, 4) is 0 Å². The molecule has 2 aromatic carbocycles. The zero-order valence-corrected chi connectivity index (χ0v) is 15.6. The Bertz CT molecular complexity index is 696. The van der Waals surface area contributed by atoms with E-state index in [1.807, 2.05) is 60.7 Å². The average molecular weight is 365 g/mol. The van der Waals surface area contributed by atoms with Crippen molar-refractivity contribution >= 4 is 5.91 Å². The second kappa shape index (κ2) is 8.24. The highest BCUT2D eigenvalue weighted by atomic mass is 16.5. The molecule has 0 aliphatic carbocycles. The van der Waals surface area contributed by atoms with Crippen molar-refractivity contribution in [1.82, 2.24) is 5.32 Å². The molecule has 27 heavy (non-hydrogen) atoms. The summed E-state index contributed by atoms with van der Waals surface area (Å²) in [5.74, 6) is -0.220. The van der Waals surface area contributed by atoms with Crippen LogP contribution >= 0.6 is 0 Å². The van der Waals surface area contributed by atoms with Crippen LogP contribution in [0.5, 0.6) is 0 Å². The Balaban J connectivity index is 1.52. The molecule has 2 heterocycles. The molecular formula is C23H27NO3. The third-order valence-electron chi connectivity index (χ3n) is 5.77. The van der Waals surface area contributed by atoms with E-state index in [2.05, 4.69) is 5.32 Å². The molecule has 1 spiro atoms. The molecule has 2 fully saturated rings. The van der Waals surface area contributed by atoms with Gasteiger partial charge in [-0.05, 0) is 36.8 Å². The van der Waals surface area contributed by atoms with Gasteiger partial charge >= 0.3 is 0 Å². The summed E-state index contributed by atoms with van der Waals surface area (Å²) in [6.45, 7) is 2.20. The van der Waals surface area contributed by atoms with E-state index in [0.717, 1.165) is 50.0 Å². The van der Waals surface area contributed by atoms with E-state index < -0.39 is 0 Å². The van der Waals surface area contributed by atoms with Crippen molar-refractivity contribution in [3.63, 3.8) is 0 Å². The molecule has 4 nitrogen and oxygen atoms in total. The Morgan fingerprint density at radius 3 is 2.11 bits per heavy atom. The first kappa shape index (κ1) is 18.2. The summed E-state index contributed by atoms with van der Waals surface area (Å²) in [5, 5.41) is 3.33. The summed E-state index contributed by atoms with van der Waals surface area (Å²) < 4.78 is 11.6. The number of rotatable bonds is 4. The van der Waals surface area contributed by atoms with Crippen molar-refractivity contribution in [3.05, 3.63) is 71.8 Å². The smallest absolute Gasteiger partial charge is 0.232 e. The first-order valence-electron chi connectivity index (χ1n) is 9.88. The molecule has 1 atom stereocenters. The van der Waals surface area contributed by atoms with Crippen molar-refractivity contribution < 1.29 is 14.3 Å². The van der Waals surface area contributed by atoms with E-state index in [9.17, 15) is 4.79 Å². The number of ether oxygens (including phenoxy) is 2. The molecule has 1 N–H and O–H groups in total. The third kappa shape index (κ3) is 4.23. The molecule has 0 saturated carbocycles. The fraction of sp³-hybridized carbons (Fsp3) is 0.435. The molecule has 142 valence electrons. The number of nitrogens with one attached hydrogen (secondary N) is 1. The predicted molar refractivity (Wildman–Crippen MR) is 105 cm³/mol. The number of benzene rings is 2. The quantitative estimate of drug-likeness (QED) is 0.899. The summed E-state index contributed by atoms with van der Waals surface area (Å²) in [6.07, 6.45) is 3.57. The van der Waals surface area contributed by atoms with Crippen LogP contribution in [0.2, 0.25) is 0 Å². The first-order valence-corrected chi connectivity index (χ1v) is 9.88. The van der Waals surface area contributed by atoms with Gasteiger partial charge in [-0.25, -0.2) is 0 Å². The monoisotopic (exact) mass is 365 g/mol. The number of hydrogen-bond acceptors (Lipinski definition) is 3.